The van der Waals surface area contributed by atoms with Gasteiger partial charge in [-0.1, -0.05) is 95.6 Å². The Bertz CT molecular complexity index is 2220. The first-order valence-corrected chi connectivity index (χ1v) is 30.0. The normalized spacial score (nSPS) is 23.1. The number of ether oxygens (including phenoxy) is 4. The number of aliphatic hydroxyl groups is 2. The van der Waals surface area contributed by atoms with Gasteiger partial charge in [0.2, 0.25) is 5.91 Å². The van der Waals surface area contributed by atoms with E-state index in [1.807, 2.05) is 18.2 Å². The Labute approximate surface area is 406 Å². The van der Waals surface area contributed by atoms with Crippen LogP contribution in [0.4, 0.5) is 4.79 Å². The Morgan fingerprint density at radius 1 is 0.866 bits per heavy atom. The molecule has 0 saturated carbocycles. The number of nitrogens with zero attached hydrogens (tertiary/aromatic N) is 3. The van der Waals surface area contributed by atoms with Gasteiger partial charge < -0.3 is 38.0 Å². The Morgan fingerprint density at radius 2 is 1.48 bits per heavy atom. The highest BCUT2D eigenvalue weighted by Gasteiger charge is 2.47. The molecular formula is C48H76BrN3O13Si2. The fraction of sp³-hybridized carbons (Fsp3) is 0.688. The first-order valence-electron chi connectivity index (χ1n) is 23.1. The smallest absolute Gasteiger partial charge is 0.425 e. The SMILES string of the molecule is CC(C)(C)OC(=O)n1c(=O)c(CBr)cn([C@H]2C[C@@H](O[Si](C)(C)C(C)(C)C)[C@@H](CO[Si](C)(C)C(C)(C)C)O2)c1=O.CC(C)c1ccccc1COCC1=CN([C@H]2C[C@@H](O)[C@@H](CO)O2)C(=O)CC1=O. The third-order valence-electron chi connectivity index (χ3n) is 13.2. The molecule has 1 amide bonds. The summed E-state index contributed by atoms with van der Waals surface area (Å²) < 4.78 is 38.3. The van der Waals surface area contributed by atoms with Crippen LogP contribution in [0.2, 0.25) is 36.3 Å². The molecule has 0 bridgehead atoms. The fourth-order valence-corrected chi connectivity index (χ4v) is 9.92. The van der Waals surface area contributed by atoms with Crippen molar-refractivity contribution in [3.05, 3.63) is 79.8 Å². The zero-order valence-electron chi connectivity index (χ0n) is 42.3. The highest BCUT2D eigenvalue weighted by Crippen LogP contribution is 2.42. The molecule has 0 radical (unpaired) electrons. The second-order valence-electron chi connectivity index (χ2n) is 22.0. The predicted octanol–water partition coefficient (Wildman–Crippen LogP) is 7.87. The number of rotatable bonds is 14. The second-order valence-corrected chi connectivity index (χ2v) is 32.1. The van der Waals surface area contributed by atoms with Crippen molar-refractivity contribution in [2.75, 3.05) is 19.8 Å². The van der Waals surface area contributed by atoms with Gasteiger partial charge in [-0.3, -0.25) is 23.9 Å². The van der Waals surface area contributed by atoms with E-state index in [2.05, 4.69) is 104 Å². The number of alkyl halides is 1. The lowest BCUT2D eigenvalue weighted by atomic mass is 9.98. The van der Waals surface area contributed by atoms with Gasteiger partial charge in [-0.05, 0) is 74.1 Å². The second kappa shape index (κ2) is 22.3. The maximum atomic E-state index is 13.6. The van der Waals surface area contributed by atoms with Crippen LogP contribution in [0.15, 0.2) is 51.8 Å². The number of Topliss-reactive ketones (excluding diaryl/α,β-unsaturated/α-hetero) is 1. The monoisotopic (exact) mass is 1040 g/mol. The molecule has 3 aliphatic heterocycles. The van der Waals surface area contributed by atoms with Gasteiger partial charge in [-0.2, -0.15) is 4.57 Å². The molecular weight excluding hydrogens is 963 g/mol. The quantitative estimate of drug-likeness (QED) is 0.106. The lowest BCUT2D eigenvalue weighted by Crippen LogP contribution is -2.48. The summed E-state index contributed by atoms with van der Waals surface area (Å²) in [4.78, 5) is 65.3. The number of carbonyl (C=O) groups excluding carboxylic acids is 3. The van der Waals surface area contributed by atoms with Crippen molar-refractivity contribution in [3.63, 3.8) is 0 Å². The van der Waals surface area contributed by atoms with E-state index in [0.717, 1.165) is 5.56 Å². The van der Waals surface area contributed by atoms with Crippen molar-refractivity contribution in [1.82, 2.24) is 14.0 Å². The van der Waals surface area contributed by atoms with E-state index in [1.165, 1.54) is 27.4 Å². The number of aromatic nitrogens is 2. The van der Waals surface area contributed by atoms with Crippen LogP contribution >= 0.6 is 15.9 Å². The van der Waals surface area contributed by atoms with Gasteiger partial charge in [-0.25, -0.2) is 9.59 Å². The average molecular weight is 1040 g/mol. The number of carbonyl (C=O) groups is 3. The number of aliphatic hydroxyl groups excluding tert-OH is 2. The van der Waals surface area contributed by atoms with Crippen LogP contribution in [-0.2, 0) is 49.3 Å². The van der Waals surface area contributed by atoms with Crippen LogP contribution < -0.4 is 11.2 Å². The standard InChI is InChI=1S/C27H49BrN2O7Si2.C21H27NO6/c1-25(2,3)36-24(33)30-22(31)18(15-28)16-29(23(30)32)21-14-19(37-39(12,13)27(7,8)9)20(35-21)17-34-38(10,11)26(4,5)6;1-13(2)16-6-4-3-5-14(16)11-27-12-15-9-22(20(26)7-17(15)24)21-8-18(25)19(10-23)28-21/h16,19-21H,14-15,17H2,1-13H3;3-6,9,13,18-19,21,23,25H,7-8,10-12H2,1-2H3/t19-,20-,21-;18-,19-,21-/m11/s1. The van der Waals surface area contributed by atoms with Crippen LogP contribution in [0.3, 0.4) is 0 Å². The molecule has 2 N–H and O–H groups in total. The average Bonchev–Trinajstić information content (AvgIpc) is 3.78. The maximum Gasteiger partial charge on any atom is 0.425 e. The van der Waals surface area contributed by atoms with Gasteiger partial charge in [0.1, 0.15) is 30.3 Å². The van der Waals surface area contributed by atoms with Crippen molar-refractivity contribution >= 4 is 50.3 Å². The Balaban J connectivity index is 0.000000308. The summed E-state index contributed by atoms with van der Waals surface area (Å²) in [7, 11) is -4.28. The third kappa shape index (κ3) is 14.3. The number of hydrogen-bond donors (Lipinski definition) is 2. The molecule has 2 fully saturated rings. The zero-order valence-corrected chi connectivity index (χ0v) is 45.9. The van der Waals surface area contributed by atoms with E-state index in [9.17, 15) is 34.2 Å². The minimum absolute atomic E-state index is 0.0193. The van der Waals surface area contributed by atoms with Crippen LogP contribution in [0, 0.1) is 0 Å². The summed E-state index contributed by atoms with van der Waals surface area (Å²) in [6.07, 6.45) is -1.51. The molecule has 2 aromatic rings. The van der Waals surface area contributed by atoms with Crippen molar-refractivity contribution in [2.24, 2.45) is 0 Å². The van der Waals surface area contributed by atoms with Gasteiger partial charge in [0.15, 0.2) is 22.4 Å². The third-order valence-corrected chi connectivity index (χ3v) is 22.8. The molecule has 6 atom stereocenters. The number of ketones is 1. The van der Waals surface area contributed by atoms with Crippen molar-refractivity contribution in [3.8, 4) is 0 Å². The van der Waals surface area contributed by atoms with Crippen molar-refractivity contribution in [2.45, 2.75) is 192 Å². The van der Waals surface area contributed by atoms with E-state index in [4.69, 9.17) is 27.8 Å². The molecule has 0 unspecified atom stereocenters. The summed E-state index contributed by atoms with van der Waals surface area (Å²) in [5.41, 5.74) is 0.511. The van der Waals surface area contributed by atoms with E-state index < -0.39 is 70.3 Å². The number of halogens is 1. The fourth-order valence-electron chi connectivity index (χ4n) is 7.16. The summed E-state index contributed by atoms with van der Waals surface area (Å²) in [5.74, 6) is -0.279. The first kappa shape index (κ1) is 56.5. The van der Waals surface area contributed by atoms with Crippen molar-refractivity contribution < 1.29 is 52.4 Å². The minimum Gasteiger partial charge on any atom is -0.443 e. The molecule has 0 aliphatic carbocycles. The number of hydrogen-bond acceptors (Lipinski definition) is 13. The Hall–Kier alpha value is -3.12. The molecule has 3 aliphatic rings. The molecule has 2 saturated heterocycles. The van der Waals surface area contributed by atoms with Gasteiger partial charge in [0.25, 0.3) is 5.56 Å². The molecule has 67 heavy (non-hydrogen) atoms. The largest absolute Gasteiger partial charge is 0.443 e. The van der Waals surface area contributed by atoms with Gasteiger partial charge in [-0.15, -0.1) is 0 Å². The minimum atomic E-state index is -2.20. The van der Waals surface area contributed by atoms with E-state index in [1.54, 1.807) is 20.8 Å². The van der Waals surface area contributed by atoms with Crippen LogP contribution in [-0.4, -0.2) is 115 Å². The van der Waals surface area contributed by atoms with E-state index >= 15 is 0 Å². The van der Waals surface area contributed by atoms with Gasteiger partial charge >= 0.3 is 11.8 Å². The maximum absolute atomic E-state index is 13.6. The van der Waals surface area contributed by atoms with E-state index in [0.29, 0.717) is 35.7 Å². The molecule has 376 valence electrons. The van der Waals surface area contributed by atoms with E-state index in [-0.39, 0.29) is 64.8 Å². The predicted molar refractivity (Wildman–Crippen MR) is 264 cm³/mol. The summed E-state index contributed by atoms with van der Waals surface area (Å²) in [6.45, 7) is 31.6. The number of benzene rings is 1. The molecule has 0 spiro atoms. The highest BCUT2D eigenvalue weighted by molar-refractivity contribution is 9.08. The first-order chi connectivity index (χ1) is 30.8. The molecule has 1 aromatic carbocycles. The Kier molecular flexibility index (Phi) is 18.8. The van der Waals surface area contributed by atoms with Gasteiger partial charge in [0, 0.05) is 41.7 Å². The molecule has 1 aromatic heterocycles. The molecule has 19 heteroatoms. The molecule has 5 rings (SSSR count). The lowest BCUT2D eigenvalue weighted by molar-refractivity contribution is -0.144. The topological polar surface area (TPSA) is 194 Å². The number of amides is 1. The van der Waals surface area contributed by atoms with Crippen LogP contribution in [0.1, 0.15) is 124 Å². The Morgan fingerprint density at radius 3 is 2.03 bits per heavy atom. The summed E-state index contributed by atoms with van der Waals surface area (Å²) >= 11 is 3.31. The molecule has 16 nitrogen and oxygen atoms in total. The molecule has 4 heterocycles. The van der Waals surface area contributed by atoms with Gasteiger partial charge in [0.05, 0.1) is 45.1 Å². The summed E-state index contributed by atoms with van der Waals surface area (Å²) in [6, 6.07) is 8.02. The van der Waals surface area contributed by atoms with Crippen LogP contribution in [0.25, 0.3) is 0 Å². The lowest BCUT2D eigenvalue weighted by Gasteiger charge is -2.40. The van der Waals surface area contributed by atoms with Crippen LogP contribution in [0.5, 0.6) is 0 Å². The zero-order chi connectivity index (χ0) is 50.6. The highest BCUT2D eigenvalue weighted by atomic mass is 79.9. The summed E-state index contributed by atoms with van der Waals surface area (Å²) in [5, 5.41) is 19.3. The van der Waals surface area contributed by atoms with Crippen molar-refractivity contribution in [1.29, 1.82) is 0 Å².